The summed E-state index contributed by atoms with van der Waals surface area (Å²) < 4.78 is 5.25. The predicted octanol–water partition coefficient (Wildman–Crippen LogP) is 0.907. The van der Waals surface area contributed by atoms with Crippen LogP contribution in [-0.2, 0) is 16.1 Å². The van der Waals surface area contributed by atoms with E-state index < -0.39 is 5.41 Å². The van der Waals surface area contributed by atoms with Crippen molar-refractivity contribution in [3.63, 3.8) is 0 Å². The number of carbonyl (C=O) groups excluding carboxylic acids is 1. The van der Waals surface area contributed by atoms with Gasteiger partial charge in [-0.25, -0.2) is 0 Å². The van der Waals surface area contributed by atoms with Crippen LogP contribution in [0.3, 0.4) is 0 Å². The third-order valence-corrected chi connectivity index (χ3v) is 4.14. The number of hydrogen-bond acceptors (Lipinski definition) is 5. The second kappa shape index (κ2) is 6.03. The average Bonchev–Trinajstić information content (AvgIpc) is 2.97. The van der Waals surface area contributed by atoms with Gasteiger partial charge in [0.05, 0.1) is 0 Å². The Morgan fingerprint density at radius 1 is 1.58 bits per heavy atom. The smallest absolute Gasteiger partial charge is 0.234 e. The SMILES string of the molecule is N/C(=N/O)C1(C(=O)NCc2ccsc2)CCOCC1. The zero-order valence-corrected chi connectivity index (χ0v) is 11.3. The Morgan fingerprint density at radius 3 is 2.89 bits per heavy atom. The third kappa shape index (κ3) is 2.87. The molecule has 19 heavy (non-hydrogen) atoms. The normalized spacial score (nSPS) is 19.1. The maximum atomic E-state index is 12.4. The average molecular weight is 283 g/mol. The van der Waals surface area contributed by atoms with E-state index in [1.807, 2.05) is 16.8 Å². The number of carbonyl (C=O) groups is 1. The van der Waals surface area contributed by atoms with E-state index in [4.69, 9.17) is 15.7 Å². The van der Waals surface area contributed by atoms with Crippen LogP contribution in [0, 0.1) is 5.41 Å². The first-order chi connectivity index (χ1) is 9.19. The minimum absolute atomic E-state index is 0.0429. The van der Waals surface area contributed by atoms with Crippen molar-refractivity contribution in [2.24, 2.45) is 16.3 Å². The number of oxime groups is 1. The summed E-state index contributed by atoms with van der Waals surface area (Å²) >= 11 is 1.58. The quantitative estimate of drug-likeness (QED) is 0.331. The molecule has 1 aliphatic heterocycles. The van der Waals surface area contributed by atoms with Crippen LogP contribution in [0.5, 0.6) is 0 Å². The fourth-order valence-corrected chi connectivity index (χ4v) is 2.83. The Labute approximate surface area is 115 Å². The van der Waals surface area contributed by atoms with Crippen LogP contribution in [0.1, 0.15) is 18.4 Å². The van der Waals surface area contributed by atoms with E-state index in [0.717, 1.165) is 5.56 Å². The summed E-state index contributed by atoms with van der Waals surface area (Å²) in [6.07, 6.45) is 0.858. The van der Waals surface area contributed by atoms with Crippen LogP contribution in [0.15, 0.2) is 22.0 Å². The summed E-state index contributed by atoms with van der Waals surface area (Å²) in [5.41, 5.74) is 5.80. The van der Waals surface area contributed by atoms with Gasteiger partial charge >= 0.3 is 0 Å². The van der Waals surface area contributed by atoms with Crippen molar-refractivity contribution in [1.29, 1.82) is 0 Å². The van der Waals surface area contributed by atoms with Crippen molar-refractivity contribution in [2.75, 3.05) is 13.2 Å². The van der Waals surface area contributed by atoms with Gasteiger partial charge in [-0.2, -0.15) is 11.3 Å². The largest absolute Gasteiger partial charge is 0.409 e. The van der Waals surface area contributed by atoms with Crippen LogP contribution in [-0.4, -0.2) is 30.2 Å². The molecule has 0 atom stereocenters. The molecule has 1 aliphatic rings. The van der Waals surface area contributed by atoms with Crippen molar-refractivity contribution < 1.29 is 14.7 Å². The first-order valence-corrected chi connectivity index (χ1v) is 6.98. The zero-order valence-electron chi connectivity index (χ0n) is 10.5. The Morgan fingerprint density at radius 2 is 2.32 bits per heavy atom. The predicted molar refractivity (Wildman–Crippen MR) is 72.1 cm³/mol. The third-order valence-electron chi connectivity index (χ3n) is 3.41. The molecule has 2 rings (SSSR count). The molecule has 0 aliphatic carbocycles. The number of thiophene rings is 1. The van der Waals surface area contributed by atoms with Gasteiger partial charge in [0.2, 0.25) is 5.91 Å². The lowest BCUT2D eigenvalue weighted by Crippen LogP contribution is -2.52. The molecule has 1 saturated heterocycles. The van der Waals surface area contributed by atoms with Gasteiger partial charge in [0, 0.05) is 19.8 Å². The standard InChI is InChI=1S/C12H17N3O3S/c13-10(15-17)12(2-4-18-5-3-12)11(16)14-7-9-1-6-19-8-9/h1,6,8,17H,2-5,7H2,(H2,13,15)(H,14,16). The Hall–Kier alpha value is -1.60. The van der Waals surface area contributed by atoms with E-state index in [0.29, 0.717) is 32.6 Å². The maximum absolute atomic E-state index is 12.4. The summed E-state index contributed by atoms with van der Waals surface area (Å²) in [6.45, 7) is 1.31. The molecule has 1 fully saturated rings. The van der Waals surface area contributed by atoms with E-state index >= 15 is 0 Å². The van der Waals surface area contributed by atoms with Crippen molar-refractivity contribution >= 4 is 23.1 Å². The lowest BCUT2D eigenvalue weighted by atomic mass is 9.78. The second-order valence-corrected chi connectivity index (χ2v) is 5.27. The lowest BCUT2D eigenvalue weighted by molar-refractivity contribution is -0.131. The first-order valence-electron chi connectivity index (χ1n) is 6.04. The van der Waals surface area contributed by atoms with Crippen LogP contribution in [0.4, 0.5) is 0 Å². The minimum Gasteiger partial charge on any atom is -0.409 e. The van der Waals surface area contributed by atoms with Gasteiger partial charge in [-0.1, -0.05) is 5.16 Å². The van der Waals surface area contributed by atoms with Crippen molar-refractivity contribution in [2.45, 2.75) is 19.4 Å². The van der Waals surface area contributed by atoms with Crippen molar-refractivity contribution in [3.8, 4) is 0 Å². The summed E-state index contributed by atoms with van der Waals surface area (Å²) in [7, 11) is 0. The summed E-state index contributed by atoms with van der Waals surface area (Å²) in [5.74, 6) is -0.254. The van der Waals surface area contributed by atoms with Crippen LogP contribution in [0.2, 0.25) is 0 Å². The van der Waals surface area contributed by atoms with Gasteiger partial charge in [0.1, 0.15) is 5.41 Å². The van der Waals surface area contributed by atoms with E-state index in [9.17, 15) is 4.79 Å². The molecular formula is C12H17N3O3S. The molecule has 0 aromatic carbocycles. The molecule has 1 amide bonds. The van der Waals surface area contributed by atoms with Gasteiger partial charge < -0.3 is 21.0 Å². The minimum atomic E-state index is -0.955. The molecule has 0 unspecified atom stereocenters. The van der Waals surface area contributed by atoms with E-state index in [-0.39, 0.29) is 11.7 Å². The Bertz CT molecular complexity index is 453. The van der Waals surface area contributed by atoms with Crippen molar-refractivity contribution in [3.05, 3.63) is 22.4 Å². The van der Waals surface area contributed by atoms with Gasteiger partial charge in [-0.3, -0.25) is 4.79 Å². The van der Waals surface area contributed by atoms with E-state index in [2.05, 4.69) is 10.5 Å². The fraction of sp³-hybridized carbons (Fsp3) is 0.500. The molecule has 0 radical (unpaired) electrons. The first kappa shape index (κ1) is 13.8. The lowest BCUT2D eigenvalue weighted by Gasteiger charge is -2.34. The number of ether oxygens (including phenoxy) is 1. The molecule has 6 nitrogen and oxygen atoms in total. The van der Waals surface area contributed by atoms with Crippen LogP contribution in [0.25, 0.3) is 0 Å². The van der Waals surface area contributed by atoms with Crippen LogP contribution >= 0.6 is 11.3 Å². The highest BCUT2D eigenvalue weighted by molar-refractivity contribution is 7.07. The monoisotopic (exact) mass is 283 g/mol. The second-order valence-electron chi connectivity index (χ2n) is 4.49. The molecule has 2 heterocycles. The molecule has 104 valence electrons. The number of nitrogens with two attached hydrogens (primary N) is 1. The highest BCUT2D eigenvalue weighted by Crippen LogP contribution is 2.31. The molecule has 1 aromatic rings. The number of rotatable bonds is 4. The fourth-order valence-electron chi connectivity index (χ4n) is 2.16. The molecule has 1 aromatic heterocycles. The van der Waals surface area contributed by atoms with Gasteiger partial charge in [-0.15, -0.1) is 0 Å². The number of amidine groups is 1. The van der Waals surface area contributed by atoms with Gasteiger partial charge in [-0.05, 0) is 35.2 Å². The van der Waals surface area contributed by atoms with Crippen LogP contribution < -0.4 is 11.1 Å². The number of nitrogens with one attached hydrogen (secondary N) is 1. The molecular weight excluding hydrogens is 266 g/mol. The number of amides is 1. The molecule has 0 bridgehead atoms. The molecule has 0 saturated carbocycles. The summed E-state index contributed by atoms with van der Waals surface area (Å²) in [5, 5.41) is 18.7. The maximum Gasteiger partial charge on any atom is 0.234 e. The number of hydrogen-bond donors (Lipinski definition) is 3. The zero-order chi connectivity index (χ0) is 13.7. The Balaban J connectivity index is 2.07. The highest BCUT2D eigenvalue weighted by Gasteiger charge is 2.44. The molecule has 0 spiro atoms. The molecule has 4 N–H and O–H groups in total. The summed E-state index contributed by atoms with van der Waals surface area (Å²) in [6, 6.07) is 1.95. The Kier molecular flexibility index (Phi) is 4.39. The highest BCUT2D eigenvalue weighted by atomic mass is 32.1. The summed E-state index contributed by atoms with van der Waals surface area (Å²) in [4.78, 5) is 12.4. The van der Waals surface area contributed by atoms with Crippen molar-refractivity contribution in [1.82, 2.24) is 5.32 Å². The number of nitrogens with zero attached hydrogens (tertiary/aromatic N) is 1. The van der Waals surface area contributed by atoms with E-state index in [1.54, 1.807) is 11.3 Å². The molecule has 7 heteroatoms. The topological polar surface area (TPSA) is 96.9 Å². The van der Waals surface area contributed by atoms with Gasteiger partial charge in [0.15, 0.2) is 5.84 Å². The van der Waals surface area contributed by atoms with Gasteiger partial charge in [0.25, 0.3) is 0 Å². The van der Waals surface area contributed by atoms with E-state index in [1.165, 1.54) is 0 Å².